The number of aliphatic hydroxyl groups excluding tert-OH is 1. The molecule has 172 valence electrons. The third kappa shape index (κ3) is 5.28. The molecule has 31 heavy (non-hydrogen) atoms. The van der Waals surface area contributed by atoms with Gasteiger partial charge in [-0.05, 0) is 57.5 Å². The molecular formula is C25H36O6. The van der Waals surface area contributed by atoms with E-state index in [-0.39, 0.29) is 24.5 Å². The minimum absolute atomic E-state index is 0.0570. The Morgan fingerprint density at radius 3 is 2.68 bits per heavy atom. The molecule has 1 aliphatic heterocycles. The monoisotopic (exact) mass is 438 g/mol. The van der Waals surface area contributed by atoms with E-state index in [1.165, 1.54) is 13.0 Å². The van der Waals surface area contributed by atoms with Gasteiger partial charge in [0.05, 0.1) is 17.9 Å². The number of carbonyl (C=O) groups excluding carboxylic acids is 3. The van der Waals surface area contributed by atoms with Gasteiger partial charge in [-0.2, -0.15) is 0 Å². The maximum absolute atomic E-state index is 13.4. The molecule has 6 heteroatoms. The van der Waals surface area contributed by atoms with Crippen LogP contribution in [-0.2, 0) is 23.9 Å². The zero-order chi connectivity index (χ0) is 27.9. The lowest BCUT2D eigenvalue weighted by atomic mass is 9.64. The summed E-state index contributed by atoms with van der Waals surface area (Å²) in [5.74, 6) is -3.11. The molecule has 0 spiro atoms. The van der Waals surface area contributed by atoms with Gasteiger partial charge >= 0.3 is 11.9 Å². The van der Waals surface area contributed by atoms with Gasteiger partial charge in [0.15, 0.2) is 5.78 Å². The van der Waals surface area contributed by atoms with Crippen LogP contribution < -0.4 is 0 Å². The largest absolute Gasteiger partial charge is 0.462 e. The lowest BCUT2D eigenvalue weighted by Gasteiger charge is -2.43. The van der Waals surface area contributed by atoms with Crippen molar-refractivity contribution in [3.05, 3.63) is 23.3 Å². The SMILES string of the molecule is [2H]C([2H])([2H])C(CC)(C(=O)O[C@H]1CC(C)=CC2=CC(=O)[C@H](C)[C@H](CC[C@@H]3C[C@@H](O)CC(=O)O3)[C@H]21)C([2H])([2H])[2H]. The van der Waals surface area contributed by atoms with Crippen LogP contribution in [0.25, 0.3) is 0 Å². The molecule has 0 bridgehead atoms. The number of rotatable bonds is 6. The maximum Gasteiger partial charge on any atom is 0.311 e. The van der Waals surface area contributed by atoms with E-state index in [0.717, 1.165) is 5.57 Å². The molecule has 0 amide bonds. The molecule has 3 rings (SSSR count). The quantitative estimate of drug-likeness (QED) is 0.633. The van der Waals surface area contributed by atoms with Gasteiger partial charge in [0.1, 0.15) is 12.2 Å². The van der Waals surface area contributed by atoms with E-state index < -0.39 is 67.6 Å². The van der Waals surface area contributed by atoms with Crippen molar-refractivity contribution in [2.24, 2.45) is 23.2 Å². The molecule has 2 aliphatic carbocycles. The normalized spacial score (nSPS) is 37.4. The number of esters is 2. The fraction of sp³-hybridized carbons (Fsp3) is 0.720. The summed E-state index contributed by atoms with van der Waals surface area (Å²) in [6.07, 6.45) is 2.08. The molecule has 0 aromatic rings. The average Bonchev–Trinajstić information content (AvgIpc) is 2.72. The molecule has 0 radical (unpaired) electrons. The van der Waals surface area contributed by atoms with E-state index in [2.05, 4.69) is 0 Å². The molecule has 0 aromatic heterocycles. The van der Waals surface area contributed by atoms with Crippen LogP contribution >= 0.6 is 0 Å². The molecule has 1 saturated heterocycles. The number of allylic oxidation sites excluding steroid dienone is 2. The second-order valence-electron chi connectivity index (χ2n) is 9.21. The van der Waals surface area contributed by atoms with Crippen molar-refractivity contribution in [3.63, 3.8) is 0 Å². The first-order chi connectivity index (χ1) is 17.0. The van der Waals surface area contributed by atoms with Crippen molar-refractivity contribution < 1.29 is 37.2 Å². The molecule has 0 unspecified atom stereocenters. The Bertz CT molecular complexity index is 967. The Kier molecular flexibility index (Phi) is 4.98. The zero-order valence-electron chi connectivity index (χ0n) is 24.3. The molecule has 0 saturated carbocycles. The Morgan fingerprint density at radius 1 is 1.29 bits per heavy atom. The fourth-order valence-corrected chi connectivity index (χ4v) is 4.92. The number of ketones is 1. The van der Waals surface area contributed by atoms with Gasteiger partial charge in [-0.15, -0.1) is 0 Å². The molecular weight excluding hydrogens is 396 g/mol. The third-order valence-electron chi connectivity index (χ3n) is 6.78. The molecule has 6 nitrogen and oxygen atoms in total. The number of ether oxygens (including phenoxy) is 2. The van der Waals surface area contributed by atoms with Crippen molar-refractivity contribution in [3.8, 4) is 0 Å². The van der Waals surface area contributed by atoms with Crippen LogP contribution in [0.5, 0.6) is 0 Å². The van der Waals surface area contributed by atoms with Gasteiger partial charge in [-0.25, -0.2) is 0 Å². The predicted molar refractivity (Wildman–Crippen MR) is 116 cm³/mol. The molecule has 6 atom stereocenters. The average molecular weight is 439 g/mol. The van der Waals surface area contributed by atoms with Gasteiger partial charge < -0.3 is 14.6 Å². The highest BCUT2D eigenvalue weighted by Gasteiger charge is 2.45. The first-order valence-electron chi connectivity index (χ1n) is 14.0. The van der Waals surface area contributed by atoms with E-state index in [9.17, 15) is 19.5 Å². The summed E-state index contributed by atoms with van der Waals surface area (Å²) in [5.41, 5.74) is -1.22. The summed E-state index contributed by atoms with van der Waals surface area (Å²) in [7, 11) is 0. The summed E-state index contributed by atoms with van der Waals surface area (Å²) >= 11 is 0. The lowest BCUT2D eigenvalue weighted by molar-refractivity contribution is -0.165. The van der Waals surface area contributed by atoms with Crippen LogP contribution in [0.15, 0.2) is 23.3 Å². The highest BCUT2D eigenvalue weighted by atomic mass is 16.6. The van der Waals surface area contributed by atoms with Gasteiger partial charge in [0.2, 0.25) is 0 Å². The number of carbonyl (C=O) groups is 3. The molecule has 1 N–H and O–H groups in total. The number of hydrogen-bond donors (Lipinski definition) is 1. The second-order valence-corrected chi connectivity index (χ2v) is 9.21. The zero-order valence-corrected chi connectivity index (χ0v) is 18.3. The van der Waals surface area contributed by atoms with Crippen LogP contribution in [-0.4, -0.2) is 41.1 Å². The van der Waals surface area contributed by atoms with Crippen LogP contribution in [0.1, 0.15) is 81.2 Å². The van der Waals surface area contributed by atoms with Gasteiger partial charge in [-0.3, -0.25) is 14.4 Å². The Hall–Kier alpha value is -1.95. The van der Waals surface area contributed by atoms with Crippen molar-refractivity contribution >= 4 is 17.7 Å². The number of hydrogen-bond acceptors (Lipinski definition) is 6. The highest BCUT2D eigenvalue weighted by molar-refractivity contribution is 5.94. The van der Waals surface area contributed by atoms with E-state index in [1.807, 2.05) is 6.08 Å². The summed E-state index contributed by atoms with van der Waals surface area (Å²) in [6, 6.07) is 0. The lowest BCUT2D eigenvalue weighted by Crippen LogP contribution is -2.44. The molecule has 0 aromatic carbocycles. The minimum atomic E-state index is -3.12. The smallest absolute Gasteiger partial charge is 0.311 e. The van der Waals surface area contributed by atoms with E-state index in [0.29, 0.717) is 24.8 Å². The molecule has 3 aliphatic rings. The number of fused-ring (bicyclic) bond motifs is 1. The summed E-state index contributed by atoms with van der Waals surface area (Å²) in [6.45, 7) is -1.32. The molecule has 1 heterocycles. The summed E-state index contributed by atoms with van der Waals surface area (Å²) in [4.78, 5) is 38.0. The molecule has 1 fully saturated rings. The number of aliphatic hydroxyl groups is 1. The van der Waals surface area contributed by atoms with Crippen LogP contribution in [0.2, 0.25) is 0 Å². The first kappa shape index (κ1) is 16.7. The first-order valence-corrected chi connectivity index (χ1v) is 11.0. The van der Waals surface area contributed by atoms with Crippen molar-refractivity contribution in [2.45, 2.75) is 91.3 Å². The van der Waals surface area contributed by atoms with Crippen molar-refractivity contribution in [1.29, 1.82) is 0 Å². The Labute approximate surface area is 193 Å². The predicted octanol–water partition coefficient (Wildman–Crippen LogP) is 3.91. The van der Waals surface area contributed by atoms with Crippen molar-refractivity contribution in [2.75, 3.05) is 0 Å². The maximum atomic E-state index is 13.4. The Morgan fingerprint density at radius 2 is 2.03 bits per heavy atom. The second kappa shape index (κ2) is 9.27. The standard InChI is InChI=1S/C25H36O6/c1-6-25(4,5)24(29)31-21-10-14(2)9-16-11-20(27)15(3)19(23(16)21)8-7-18-12-17(26)13-22(28)30-18/h9,11,15,17-19,21,23,26H,6-8,10,12-13H2,1-5H3/t15-,17-,18-,19+,21+,23+/m1/s1/i4D3,5D3. The van der Waals surface area contributed by atoms with Crippen LogP contribution in [0, 0.1) is 23.2 Å². The van der Waals surface area contributed by atoms with E-state index in [4.69, 9.17) is 17.7 Å². The van der Waals surface area contributed by atoms with Gasteiger partial charge in [-0.1, -0.05) is 25.5 Å². The highest BCUT2D eigenvalue weighted by Crippen LogP contribution is 2.45. The minimum Gasteiger partial charge on any atom is -0.462 e. The van der Waals surface area contributed by atoms with Gasteiger partial charge in [0.25, 0.3) is 0 Å². The third-order valence-corrected chi connectivity index (χ3v) is 6.78. The Balaban J connectivity index is 1.93. The summed E-state index contributed by atoms with van der Waals surface area (Å²) in [5, 5.41) is 9.95. The fourth-order valence-electron chi connectivity index (χ4n) is 4.92. The van der Waals surface area contributed by atoms with Crippen molar-refractivity contribution in [1.82, 2.24) is 0 Å². The van der Waals surface area contributed by atoms with E-state index >= 15 is 0 Å². The number of cyclic esters (lactones) is 1. The summed E-state index contributed by atoms with van der Waals surface area (Å²) < 4.78 is 58.7. The van der Waals surface area contributed by atoms with Gasteiger partial charge in [0, 0.05) is 32.9 Å². The van der Waals surface area contributed by atoms with E-state index in [1.54, 1.807) is 13.8 Å². The van der Waals surface area contributed by atoms with Crippen LogP contribution in [0.3, 0.4) is 0 Å². The topological polar surface area (TPSA) is 89.9 Å². The van der Waals surface area contributed by atoms with Crippen LogP contribution in [0.4, 0.5) is 0 Å².